The Kier molecular flexibility index (Phi) is 3.59. The zero-order valence-corrected chi connectivity index (χ0v) is 7.53. The van der Waals surface area contributed by atoms with Gasteiger partial charge < -0.3 is 4.74 Å². The zero-order chi connectivity index (χ0) is 9.52. The van der Waals surface area contributed by atoms with Gasteiger partial charge in [0.2, 0.25) is 0 Å². The Morgan fingerprint density at radius 2 is 2.23 bits per heavy atom. The Morgan fingerprint density at radius 1 is 1.46 bits per heavy atom. The molecule has 0 fully saturated rings. The van der Waals surface area contributed by atoms with Crippen LogP contribution in [0.15, 0.2) is 30.3 Å². The van der Waals surface area contributed by atoms with Crippen LogP contribution in [0.25, 0.3) is 6.08 Å². The van der Waals surface area contributed by atoms with Crippen molar-refractivity contribution in [3.05, 3.63) is 35.9 Å². The van der Waals surface area contributed by atoms with Crippen LogP contribution in [0, 0.1) is 11.3 Å². The number of rotatable bonds is 3. The molecule has 2 heteroatoms. The molecule has 0 N–H and O–H groups in total. The summed E-state index contributed by atoms with van der Waals surface area (Å²) in [6.07, 6.45) is 4.14. The van der Waals surface area contributed by atoms with E-state index in [0.717, 1.165) is 11.3 Å². The lowest BCUT2D eigenvalue weighted by Gasteiger charge is -2.02. The van der Waals surface area contributed by atoms with E-state index in [-0.39, 0.29) is 0 Å². The molecule has 0 heterocycles. The van der Waals surface area contributed by atoms with Gasteiger partial charge >= 0.3 is 0 Å². The fraction of sp³-hybridized carbons (Fsp3) is 0.182. The SMILES string of the molecule is COc1ccccc1C=CCC#N. The van der Waals surface area contributed by atoms with Gasteiger partial charge in [0.15, 0.2) is 0 Å². The van der Waals surface area contributed by atoms with E-state index in [0.29, 0.717) is 6.42 Å². The quantitative estimate of drug-likeness (QED) is 0.703. The molecule has 66 valence electrons. The smallest absolute Gasteiger partial charge is 0.126 e. The molecule has 0 aliphatic carbocycles. The van der Waals surface area contributed by atoms with Gasteiger partial charge in [0.25, 0.3) is 0 Å². The molecule has 13 heavy (non-hydrogen) atoms. The summed E-state index contributed by atoms with van der Waals surface area (Å²) in [5, 5.41) is 8.34. The fourth-order valence-corrected chi connectivity index (χ4v) is 1.04. The van der Waals surface area contributed by atoms with Gasteiger partial charge in [-0.05, 0) is 6.07 Å². The Bertz CT molecular complexity index is 336. The second-order valence-electron chi connectivity index (χ2n) is 2.51. The van der Waals surface area contributed by atoms with Crippen molar-refractivity contribution in [2.45, 2.75) is 6.42 Å². The van der Waals surface area contributed by atoms with Crippen LogP contribution in [0.1, 0.15) is 12.0 Å². The summed E-state index contributed by atoms with van der Waals surface area (Å²) < 4.78 is 5.14. The number of hydrogen-bond donors (Lipinski definition) is 0. The first-order chi connectivity index (χ1) is 6.38. The average molecular weight is 173 g/mol. The van der Waals surface area contributed by atoms with Crippen molar-refractivity contribution in [1.29, 1.82) is 5.26 Å². The highest BCUT2D eigenvalue weighted by atomic mass is 16.5. The molecule has 0 amide bonds. The Balaban J connectivity index is 2.82. The molecule has 1 aromatic carbocycles. The van der Waals surface area contributed by atoms with Gasteiger partial charge in [0.05, 0.1) is 19.6 Å². The van der Waals surface area contributed by atoms with E-state index in [1.807, 2.05) is 42.5 Å². The number of methoxy groups -OCH3 is 1. The maximum Gasteiger partial charge on any atom is 0.126 e. The van der Waals surface area contributed by atoms with E-state index in [4.69, 9.17) is 10.00 Å². The monoisotopic (exact) mass is 173 g/mol. The molecule has 0 aliphatic rings. The number of ether oxygens (including phenoxy) is 1. The van der Waals surface area contributed by atoms with E-state index in [2.05, 4.69) is 0 Å². The molecule has 0 bridgehead atoms. The van der Waals surface area contributed by atoms with Crippen molar-refractivity contribution < 1.29 is 4.74 Å². The van der Waals surface area contributed by atoms with E-state index in [9.17, 15) is 0 Å². The molecule has 0 aliphatic heterocycles. The molecule has 0 atom stereocenters. The van der Waals surface area contributed by atoms with E-state index < -0.39 is 0 Å². The summed E-state index contributed by atoms with van der Waals surface area (Å²) >= 11 is 0. The summed E-state index contributed by atoms with van der Waals surface area (Å²) in [6, 6.07) is 9.75. The van der Waals surface area contributed by atoms with Crippen LogP contribution in [0.3, 0.4) is 0 Å². The lowest BCUT2D eigenvalue weighted by molar-refractivity contribution is 0.414. The molecule has 1 aromatic rings. The van der Waals surface area contributed by atoms with Gasteiger partial charge in [-0.15, -0.1) is 0 Å². The molecule has 1 rings (SSSR count). The first-order valence-corrected chi connectivity index (χ1v) is 4.05. The van der Waals surface area contributed by atoms with E-state index in [1.54, 1.807) is 7.11 Å². The number of para-hydroxylation sites is 1. The minimum absolute atomic E-state index is 0.429. The number of benzene rings is 1. The van der Waals surface area contributed by atoms with Crippen LogP contribution in [0.4, 0.5) is 0 Å². The highest BCUT2D eigenvalue weighted by molar-refractivity contribution is 5.57. The van der Waals surface area contributed by atoms with Crippen LogP contribution in [-0.4, -0.2) is 7.11 Å². The van der Waals surface area contributed by atoms with Gasteiger partial charge in [-0.2, -0.15) is 5.26 Å². The Labute approximate surface area is 78.1 Å². The fourth-order valence-electron chi connectivity index (χ4n) is 1.04. The molecule has 0 spiro atoms. The van der Waals surface area contributed by atoms with E-state index in [1.165, 1.54) is 0 Å². The molecule has 0 aromatic heterocycles. The third kappa shape index (κ3) is 2.64. The maximum absolute atomic E-state index is 8.34. The minimum Gasteiger partial charge on any atom is -0.496 e. The summed E-state index contributed by atoms with van der Waals surface area (Å²) in [5.41, 5.74) is 1.00. The zero-order valence-electron chi connectivity index (χ0n) is 7.53. The first kappa shape index (κ1) is 9.34. The molecule has 0 saturated heterocycles. The lowest BCUT2D eigenvalue weighted by atomic mass is 10.2. The van der Waals surface area contributed by atoms with Gasteiger partial charge in [0, 0.05) is 5.56 Å². The van der Waals surface area contributed by atoms with Gasteiger partial charge in [0.1, 0.15) is 5.75 Å². The Morgan fingerprint density at radius 3 is 2.92 bits per heavy atom. The summed E-state index contributed by atoms with van der Waals surface area (Å²) in [4.78, 5) is 0. The summed E-state index contributed by atoms with van der Waals surface area (Å²) in [7, 11) is 1.64. The largest absolute Gasteiger partial charge is 0.496 e. The standard InChI is InChI=1S/C11H11NO/c1-13-11-8-3-2-6-10(11)7-4-5-9-12/h2-4,6-8H,5H2,1H3. The second-order valence-corrected chi connectivity index (χ2v) is 2.51. The normalized spacial score (nSPS) is 9.85. The van der Waals surface area contributed by atoms with Crippen molar-refractivity contribution in [3.8, 4) is 11.8 Å². The Hall–Kier alpha value is -1.75. The molecule has 0 unspecified atom stereocenters. The molecular weight excluding hydrogens is 162 g/mol. The molecule has 0 saturated carbocycles. The van der Waals surface area contributed by atoms with Gasteiger partial charge in [-0.1, -0.05) is 30.4 Å². The minimum atomic E-state index is 0.429. The van der Waals surface area contributed by atoms with Gasteiger partial charge in [-0.25, -0.2) is 0 Å². The molecular formula is C11H11NO. The predicted octanol–water partition coefficient (Wildman–Crippen LogP) is 2.62. The number of hydrogen-bond acceptors (Lipinski definition) is 2. The van der Waals surface area contributed by atoms with Crippen LogP contribution in [-0.2, 0) is 0 Å². The highest BCUT2D eigenvalue weighted by Gasteiger charge is 1.95. The van der Waals surface area contributed by atoms with Gasteiger partial charge in [-0.3, -0.25) is 0 Å². The van der Waals surface area contributed by atoms with Crippen molar-refractivity contribution in [3.63, 3.8) is 0 Å². The topological polar surface area (TPSA) is 33.0 Å². The van der Waals surface area contributed by atoms with Crippen LogP contribution in [0.2, 0.25) is 0 Å². The predicted molar refractivity (Wildman–Crippen MR) is 52.3 cm³/mol. The number of nitrogens with zero attached hydrogens (tertiary/aromatic N) is 1. The van der Waals surface area contributed by atoms with Crippen molar-refractivity contribution in [2.24, 2.45) is 0 Å². The molecule has 0 radical (unpaired) electrons. The number of nitriles is 1. The number of allylic oxidation sites excluding steroid dienone is 1. The first-order valence-electron chi connectivity index (χ1n) is 4.05. The average Bonchev–Trinajstić information content (AvgIpc) is 2.19. The van der Waals surface area contributed by atoms with Crippen LogP contribution in [0.5, 0.6) is 5.75 Å². The third-order valence-electron chi connectivity index (χ3n) is 1.65. The second kappa shape index (κ2) is 5.00. The lowest BCUT2D eigenvalue weighted by Crippen LogP contribution is -1.85. The maximum atomic E-state index is 8.34. The molecule has 2 nitrogen and oxygen atoms in total. The third-order valence-corrected chi connectivity index (χ3v) is 1.65. The van der Waals surface area contributed by atoms with Crippen molar-refractivity contribution in [2.75, 3.05) is 7.11 Å². The summed E-state index contributed by atoms with van der Waals surface area (Å²) in [6.45, 7) is 0. The highest BCUT2D eigenvalue weighted by Crippen LogP contribution is 2.18. The van der Waals surface area contributed by atoms with Crippen molar-refractivity contribution in [1.82, 2.24) is 0 Å². The summed E-state index contributed by atoms with van der Waals surface area (Å²) in [5.74, 6) is 0.830. The van der Waals surface area contributed by atoms with E-state index >= 15 is 0 Å². The van der Waals surface area contributed by atoms with Crippen molar-refractivity contribution >= 4 is 6.08 Å². The van der Waals surface area contributed by atoms with Crippen LogP contribution < -0.4 is 4.74 Å². The van der Waals surface area contributed by atoms with Crippen LogP contribution >= 0.6 is 0 Å².